The first-order valence-corrected chi connectivity index (χ1v) is 16.3. The van der Waals surface area contributed by atoms with Gasteiger partial charge in [-0.25, -0.2) is 4.57 Å². The molecular formula is C34H43N4S2+. The van der Waals surface area contributed by atoms with E-state index in [9.17, 15) is 0 Å². The average molecular weight is 572 g/mol. The standard InChI is InChI=1S/C34H43N4S2/c1-6-29(19-22-35-2)7-8-30-11-15-33(16-12-30)37(4)25-27-39-40-28-26-38(5)34-17-13-31(14-18-34)9-10-32-20-23-36(3)24-21-32/h7-24H,6,25-28H2,1-5H3/q+1/b8-7+,29-19+,35-22?. The summed E-state index contributed by atoms with van der Waals surface area (Å²) in [5.41, 5.74) is 7.41. The van der Waals surface area contributed by atoms with Crippen molar-refractivity contribution in [1.29, 1.82) is 0 Å². The van der Waals surface area contributed by atoms with Gasteiger partial charge in [0.15, 0.2) is 12.4 Å². The van der Waals surface area contributed by atoms with Crippen LogP contribution in [0.4, 0.5) is 11.4 Å². The molecular weight excluding hydrogens is 529 g/mol. The summed E-state index contributed by atoms with van der Waals surface area (Å²) in [6, 6.07) is 21.8. The van der Waals surface area contributed by atoms with Gasteiger partial charge >= 0.3 is 0 Å². The first kappa shape index (κ1) is 31.3. The quantitative estimate of drug-likeness (QED) is 0.0613. The van der Waals surface area contributed by atoms with E-state index < -0.39 is 0 Å². The van der Waals surface area contributed by atoms with Crippen LogP contribution in [0.5, 0.6) is 0 Å². The second-order valence-electron chi connectivity index (χ2n) is 9.64. The van der Waals surface area contributed by atoms with Gasteiger partial charge in [-0.3, -0.25) is 4.99 Å². The Morgan fingerprint density at radius 3 is 1.70 bits per heavy atom. The van der Waals surface area contributed by atoms with Crippen molar-refractivity contribution < 1.29 is 4.57 Å². The number of rotatable bonds is 15. The molecule has 0 aliphatic carbocycles. The molecule has 0 unspecified atom stereocenters. The molecule has 6 heteroatoms. The Morgan fingerprint density at radius 2 is 1.23 bits per heavy atom. The lowest BCUT2D eigenvalue weighted by molar-refractivity contribution is -0.671. The summed E-state index contributed by atoms with van der Waals surface area (Å²) in [5, 5.41) is 0. The molecule has 2 aromatic carbocycles. The van der Waals surface area contributed by atoms with Gasteiger partial charge in [0, 0.05) is 75.5 Å². The van der Waals surface area contributed by atoms with Crippen molar-refractivity contribution in [2.45, 2.75) is 13.3 Å². The maximum Gasteiger partial charge on any atom is 0.169 e. The second kappa shape index (κ2) is 17.5. The van der Waals surface area contributed by atoms with E-state index in [4.69, 9.17) is 0 Å². The Kier molecular flexibility index (Phi) is 13.7. The van der Waals surface area contributed by atoms with Gasteiger partial charge in [0.2, 0.25) is 0 Å². The number of pyridine rings is 1. The lowest BCUT2D eigenvalue weighted by atomic mass is 10.1. The van der Waals surface area contributed by atoms with E-state index in [2.05, 4.69) is 139 Å². The molecule has 0 atom stereocenters. The zero-order valence-electron chi connectivity index (χ0n) is 24.5. The molecule has 0 amide bonds. The highest BCUT2D eigenvalue weighted by Crippen LogP contribution is 2.24. The molecule has 0 aliphatic rings. The SMILES string of the molecule is CCC(/C=C/c1ccc(N(C)CCSSCCN(C)c2ccc(C=Cc3cc[n+](C)cc3)cc2)cc1)=C\C=NC. The van der Waals surface area contributed by atoms with E-state index in [0.29, 0.717) is 0 Å². The lowest BCUT2D eigenvalue weighted by Crippen LogP contribution is -2.25. The molecule has 3 aromatic rings. The van der Waals surface area contributed by atoms with Crippen LogP contribution >= 0.6 is 21.6 Å². The number of anilines is 2. The van der Waals surface area contributed by atoms with Gasteiger partial charge in [0.25, 0.3) is 0 Å². The smallest absolute Gasteiger partial charge is 0.169 e. The molecule has 1 heterocycles. The van der Waals surface area contributed by atoms with Gasteiger partial charge in [-0.2, -0.15) is 0 Å². The van der Waals surface area contributed by atoms with Crippen LogP contribution in [0, 0.1) is 0 Å². The average Bonchev–Trinajstić information content (AvgIpc) is 2.99. The number of hydrogen-bond donors (Lipinski definition) is 0. The molecule has 1 aromatic heterocycles. The van der Waals surface area contributed by atoms with Crippen molar-refractivity contribution in [1.82, 2.24) is 0 Å². The van der Waals surface area contributed by atoms with Crippen molar-refractivity contribution in [2.24, 2.45) is 12.0 Å². The van der Waals surface area contributed by atoms with Crippen LogP contribution in [0.2, 0.25) is 0 Å². The second-order valence-corrected chi connectivity index (χ2v) is 12.3. The molecule has 210 valence electrons. The van der Waals surface area contributed by atoms with Crippen LogP contribution in [0.1, 0.15) is 30.0 Å². The maximum absolute atomic E-state index is 4.04. The van der Waals surface area contributed by atoms with Crippen molar-refractivity contribution >= 4 is 57.4 Å². The molecule has 0 saturated carbocycles. The predicted octanol–water partition coefficient (Wildman–Crippen LogP) is 7.69. The summed E-state index contributed by atoms with van der Waals surface area (Å²) in [4.78, 5) is 8.70. The topological polar surface area (TPSA) is 22.7 Å². The molecule has 0 radical (unpaired) electrons. The molecule has 0 saturated heterocycles. The molecule has 3 rings (SSSR count). The van der Waals surface area contributed by atoms with Crippen LogP contribution in [0.25, 0.3) is 18.2 Å². The van der Waals surface area contributed by atoms with Crippen LogP contribution in [0.15, 0.2) is 95.8 Å². The molecule has 0 bridgehead atoms. The highest BCUT2D eigenvalue weighted by Gasteiger charge is 2.03. The van der Waals surface area contributed by atoms with Gasteiger partial charge in [-0.1, -0.05) is 77.1 Å². The van der Waals surface area contributed by atoms with E-state index in [-0.39, 0.29) is 0 Å². The number of aliphatic imine (C=N–C) groups is 1. The van der Waals surface area contributed by atoms with Crippen molar-refractivity contribution in [3.8, 4) is 0 Å². The number of hydrogen-bond acceptors (Lipinski definition) is 5. The molecule has 0 N–H and O–H groups in total. The summed E-state index contributed by atoms with van der Waals surface area (Å²) in [6.07, 6.45) is 17.7. The van der Waals surface area contributed by atoms with Gasteiger partial charge in [0.05, 0.1) is 0 Å². The molecule has 0 aliphatic heterocycles. The normalized spacial score (nSPS) is 12.2. The Bertz CT molecular complexity index is 1260. The summed E-state index contributed by atoms with van der Waals surface area (Å²) in [6.45, 7) is 4.22. The zero-order valence-corrected chi connectivity index (χ0v) is 26.2. The largest absolute Gasteiger partial charge is 0.374 e. The van der Waals surface area contributed by atoms with Crippen molar-refractivity contribution in [3.05, 3.63) is 107 Å². The first-order valence-electron chi connectivity index (χ1n) is 13.8. The number of nitrogens with zero attached hydrogens (tertiary/aromatic N) is 4. The summed E-state index contributed by atoms with van der Waals surface area (Å²) in [7, 11) is 12.1. The van der Waals surface area contributed by atoms with Gasteiger partial charge in [-0.05, 0) is 59.0 Å². The van der Waals surface area contributed by atoms with E-state index in [0.717, 1.165) is 31.0 Å². The van der Waals surface area contributed by atoms with Crippen molar-refractivity contribution in [2.75, 3.05) is 55.5 Å². The third-order valence-corrected chi connectivity index (χ3v) is 8.94. The van der Waals surface area contributed by atoms with Crippen molar-refractivity contribution in [3.63, 3.8) is 0 Å². The Hall–Kier alpha value is -3.22. The van der Waals surface area contributed by atoms with Crippen LogP contribution in [-0.4, -0.2) is 52.0 Å². The first-order chi connectivity index (χ1) is 19.5. The van der Waals surface area contributed by atoms with Gasteiger partial charge in [-0.15, -0.1) is 0 Å². The Morgan fingerprint density at radius 1 is 0.750 bits per heavy atom. The van der Waals surface area contributed by atoms with Crippen LogP contribution in [-0.2, 0) is 7.05 Å². The van der Waals surface area contributed by atoms with E-state index in [1.165, 1.54) is 33.6 Å². The Labute approximate surface area is 249 Å². The van der Waals surface area contributed by atoms with Gasteiger partial charge in [0.1, 0.15) is 7.05 Å². The lowest BCUT2D eigenvalue weighted by Gasteiger charge is -2.20. The number of aromatic nitrogens is 1. The predicted molar refractivity (Wildman–Crippen MR) is 183 cm³/mol. The molecule has 0 fully saturated rings. The monoisotopic (exact) mass is 571 g/mol. The summed E-state index contributed by atoms with van der Waals surface area (Å²) in [5.74, 6) is 2.19. The minimum atomic E-state index is 0.995. The maximum atomic E-state index is 4.04. The zero-order chi connectivity index (χ0) is 28.6. The minimum absolute atomic E-state index is 0.995. The van der Waals surface area contributed by atoms with E-state index >= 15 is 0 Å². The van der Waals surface area contributed by atoms with E-state index in [1.54, 1.807) is 7.05 Å². The molecule has 4 nitrogen and oxygen atoms in total. The third kappa shape index (κ3) is 11.1. The molecule has 0 spiro atoms. The van der Waals surface area contributed by atoms with Gasteiger partial charge < -0.3 is 9.80 Å². The molecule has 40 heavy (non-hydrogen) atoms. The fourth-order valence-electron chi connectivity index (χ4n) is 3.89. The number of aryl methyl sites for hydroxylation is 1. The summed E-state index contributed by atoms with van der Waals surface area (Å²) < 4.78 is 2.04. The Balaban J connectivity index is 1.33. The van der Waals surface area contributed by atoms with Crippen LogP contribution in [0.3, 0.4) is 0 Å². The van der Waals surface area contributed by atoms with E-state index in [1.807, 2.05) is 39.4 Å². The number of allylic oxidation sites excluding steroid dienone is 3. The minimum Gasteiger partial charge on any atom is -0.374 e. The third-order valence-electron chi connectivity index (χ3n) is 6.58. The highest BCUT2D eigenvalue weighted by atomic mass is 33.1. The fraction of sp³-hybridized carbons (Fsp3) is 0.294. The fourth-order valence-corrected chi connectivity index (χ4v) is 5.97. The highest BCUT2D eigenvalue weighted by molar-refractivity contribution is 8.76. The van der Waals surface area contributed by atoms with Crippen LogP contribution < -0.4 is 14.4 Å². The summed E-state index contributed by atoms with van der Waals surface area (Å²) >= 11 is 0. The number of benzene rings is 2.